The van der Waals surface area contributed by atoms with Crippen LogP contribution in [0.15, 0.2) is 18.2 Å². The minimum atomic E-state index is -0.116. The average Bonchev–Trinajstić information content (AvgIpc) is 2.02. The van der Waals surface area contributed by atoms with Gasteiger partial charge < -0.3 is 4.32 Å². The van der Waals surface area contributed by atoms with Crippen molar-refractivity contribution in [3.05, 3.63) is 35.1 Å². The molecular weight excluding hydrogens is 145 g/mol. The maximum atomic E-state index is 12.6. The van der Waals surface area contributed by atoms with Crippen LogP contribution < -0.4 is 0 Å². The minimum Gasteiger partial charge on any atom is -0.350 e. The molecule has 0 bridgehead atoms. The van der Waals surface area contributed by atoms with Gasteiger partial charge in [-0.15, -0.1) is 0 Å². The topological polar surface area (TPSA) is 0 Å². The van der Waals surface area contributed by atoms with Gasteiger partial charge in [0.1, 0.15) is 5.82 Å². The van der Waals surface area contributed by atoms with Crippen molar-refractivity contribution >= 4 is 8.12 Å². The molecule has 0 fully saturated rings. The highest BCUT2D eigenvalue weighted by Gasteiger charge is 1.93. The fourth-order valence-electron chi connectivity index (χ4n) is 0.698. The lowest BCUT2D eigenvalue weighted by Crippen LogP contribution is -1.81. The summed E-state index contributed by atoms with van der Waals surface area (Å²) in [4.78, 5) is 0. The van der Waals surface area contributed by atoms with Gasteiger partial charge >= 0.3 is 8.12 Å². The van der Waals surface area contributed by atoms with Crippen molar-refractivity contribution in [2.24, 2.45) is 0 Å². The SMILES string of the molecule is Cc1ccc(C)c(F)c1.[B]F. The van der Waals surface area contributed by atoms with Gasteiger partial charge in [0.2, 0.25) is 0 Å². The van der Waals surface area contributed by atoms with Gasteiger partial charge in [-0.2, -0.15) is 0 Å². The molecule has 1 aromatic rings. The van der Waals surface area contributed by atoms with E-state index in [9.17, 15) is 4.39 Å². The van der Waals surface area contributed by atoms with Gasteiger partial charge in [-0.05, 0) is 31.0 Å². The molecule has 0 saturated heterocycles. The largest absolute Gasteiger partial charge is 0.350 e. The molecule has 1 aromatic carbocycles. The lowest BCUT2D eigenvalue weighted by atomic mass is 10.2. The summed E-state index contributed by atoms with van der Waals surface area (Å²) in [7, 11) is 3.00. The minimum absolute atomic E-state index is 0.116. The Morgan fingerprint density at radius 3 is 2.09 bits per heavy atom. The Balaban J connectivity index is 0.000000461. The predicted octanol–water partition coefficient (Wildman–Crippen LogP) is 2.48. The zero-order valence-electron chi connectivity index (χ0n) is 6.57. The molecule has 0 N–H and O–H groups in total. The molecule has 11 heavy (non-hydrogen) atoms. The molecule has 0 aliphatic heterocycles. The van der Waals surface area contributed by atoms with Crippen LogP contribution in [0.2, 0.25) is 0 Å². The zero-order chi connectivity index (χ0) is 8.85. The predicted molar refractivity (Wildman–Crippen MR) is 42.7 cm³/mol. The standard InChI is InChI=1S/C8H9F.BF/c1-6-3-4-7(2)8(9)5-6;1-2/h3-5H,1-2H3;. The summed E-state index contributed by atoms with van der Waals surface area (Å²) in [5.74, 6) is -0.116. The van der Waals surface area contributed by atoms with Crippen molar-refractivity contribution in [3.63, 3.8) is 0 Å². The van der Waals surface area contributed by atoms with Crippen LogP contribution in [0.4, 0.5) is 8.71 Å². The highest BCUT2D eigenvalue weighted by molar-refractivity contribution is 5.96. The third kappa shape index (κ3) is 3.17. The lowest BCUT2D eigenvalue weighted by Gasteiger charge is -1.94. The molecule has 0 aromatic heterocycles. The van der Waals surface area contributed by atoms with E-state index in [0.717, 1.165) is 5.56 Å². The first-order valence-corrected chi connectivity index (χ1v) is 3.15. The van der Waals surface area contributed by atoms with Gasteiger partial charge in [-0.3, -0.25) is 0 Å². The summed E-state index contributed by atoms with van der Waals surface area (Å²) in [6, 6.07) is 5.22. The molecule has 0 aliphatic carbocycles. The van der Waals surface area contributed by atoms with Crippen LogP contribution in [0.25, 0.3) is 0 Å². The van der Waals surface area contributed by atoms with Crippen LogP contribution in [0.3, 0.4) is 0 Å². The molecule has 0 heterocycles. The van der Waals surface area contributed by atoms with E-state index in [0.29, 0.717) is 5.56 Å². The second-order valence-corrected chi connectivity index (χ2v) is 2.25. The smallest absolute Gasteiger partial charge is 0.350 e. The molecule has 0 amide bonds. The second kappa shape index (κ2) is 4.88. The van der Waals surface area contributed by atoms with Crippen molar-refractivity contribution in [1.29, 1.82) is 0 Å². The number of hydrogen-bond donors (Lipinski definition) is 0. The van der Waals surface area contributed by atoms with Gasteiger partial charge in [0.15, 0.2) is 0 Å². The Morgan fingerprint density at radius 1 is 1.18 bits per heavy atom. The highest BCUT2D eigenvalue weighted by Crippen LogP contribution is 2.06. The van der Waals surface area contributed by atoms with Crippen molar-refractivity contribution in [2.45, 2.75) is 13.8 Å². The summed E-state index contributed by atoms with van der Waals surface area (Å²) in [6.45, 7) is 3.64. The molecule has 2 radical (unpaired) electrons. The summed E-state index contributed by atoms with van der Waals surface area (Å²) in [6.07, 6.45) is 0. The Kier molecular flexibility index (Phi) is 4.50. The molecule has 58 valence electrons. The number of hydrogen-bond acceptors (Lipinski definition) is 0. The van der Waals surface area contributed by atoms with Crippen molar-refractivity contribution in [2.75, 3.05) is 0 Å². The Hall–Kier alpha value is -0.855. The van der Waals surface area contributed by atoms with E-state index in [1.807, 2.05) is 13.0 Å². The average molecular weight is 154 g/mol. The second-order valence-electron chi connectivity index (χ2n) is 2.25. The van der Waals surface area contributed by atoms with Gasteiger partial charge in [0, 0.05) is 0 Å². The van der Waals surface area contributed by atoms with Crippen molar-refractivity contribution in [1.82, 2.24) is 0 Å². The number of rotatable bonds is 0. The first-order chi connectivity index (χ1) is 5.20. The molecule has 0 spiro atoms. The Labute approximate surface area is 66.7 Å². The molecule has 1 rings (SSSR count). The third-order valence-corrected chi connectivity index (χ3v) is 1.33. The van der Waals surface area contributed by atoms with E-state index in [2.05, 4.69) is 8.12 Å². The van der Waals surface area contributed by atoms with Crippen LogP contribution in [-0.2, 0) is 0 Å². The summed E-state index contributed by atoms with van der Waals surface area (Å²) < 4.78 is 21.6. The third-order valence-electron chi connectivity index (χ3n) is 1.33. The normalized spacial score (nSPS) is 8.36. The van der Waals surface area contributed by atoms with E-state index >= 15 is 0 Å². The number of benzene rings is 1. The van der Waals surface area contributed by atoms with E-state index in [-0.39, 0.29) is 5.82 Å². The fourth-order valence-corrected chi connectivity index (χ4v) is 0.698. The van der Waals surface area contributed by atoms with Crippen LogP contribution in [0.5, 0.6) is 0 Å². The summed E-state index contributed by atoms with van der Waals surface area (Å²) >= 11 is 0. The Morgan fingerprint density at radius 2 is 1.73 bits per heavy atom. The first-order valence-electron chi connectivity index (χ1n) is 3.15. The molecule has 3 heteroatoms. The van der Waals surface area contributed by atoms with E-state index in [1.165, 1.54) is 6.07 Å². The van der Waals surface area contributed by atoms with Crippen LogP contribution in [-0.4, -0.2) is 8.12 Å². The molecule has 0 nitrogen and oxygen atoms in total. The van der Waals surface area contributed by atoms with Crippen LogP contribution in [0, 0.1) is 19.7 Å². The van der Waals surface area contributed by atoms with E-state index in [1.54, 1.807) is 13.0 Å². The highest BCUT2D eigenvalue weighted by atomic mass is 19.1. The summed E-state index contributed by atoms with van der Waals surface area (Å²) in [5.41, 5.74) is 1.68. The monoisotopic (exact) mass is 154 g/mol. The fraction of sp³-hybridized carbons (Fsp3) is 0.250. The maximum Gasteiger partial charge on any atom is 0.350 e. The lowest BCUT2D eigenvalue weighted by molar-refractivity contribution is 0.617. The molecule has 0 unspecified atom stereocenters. The van der Waals surface area contributed by atoms with Gasteiger partial charge in [-0.1, -0.05) is 12.1 Å². The van der Waals surface area contributed by atoms with Gasteiger partial charge in [-0.25, -0.2) is 4.39 Å². The molecule has 0 aliphatic rings. The number of halogens is 2. The molecule has 0 saturated carbocycles. The molecule has 0 atom stereocenters. The van der Waals surface area contributed by atoms with E-state index in [4.69, 9.17) is 4.32 Å². The van der Waals surface area contributed by atoms with Crippen LogP contribution >= 0.6 is 0 Å². The Bertz CT molecular complexity index is 223. The van der Waals surface area contributed by atoms with Gasteiger partial charge in [0.05, 0.1) is 0 Å². The quantitative estimate of drug-likeness (QED) is 0.503. The van der Waals surface area contributed by atoms with Crippen LogP contribution in [0.1, 0.15) is 11.1 Å². The van der Waals surface area contributed by atoms with Crippen molar-refractivity contribution in [3.8, 4) is 0 Å². The molecular formula is C8H9BF2. The van der Waals surface area contributed by atoms with E-state index < -0.39 is 0 Å². The van der Waals surface area contributed by atoms with Crippen molar-refractivity contribution < 1.29 is 8.71 Å². The first kappa shape index (κ1) is 10.1. The maximum absolute atomic E-state index is 12.6. The summed E-state index contributed by atoms with van der Waals surface area (Å²) in [5, 5.41) is 0. The van der Waals surface area contributed by atoms with Gasteiger partial charge in [0.25, 0.3) is 0 Å². The zero-order valence-corrected chi connectivity index (χ0v) is 6.57. The number of aryl methyl sites for hydroxylation is 2.